The Morgan fingerprint density at radius 2 is 1.95 bits per heavy atom. The van der Waals surface area contributed by atoms with Crippen LogP contribution in [0.5, 0.6) is 0 Å². The average Bonchev–Trinajstić information content (AvgIpc) is 2.77. The Balaban J connectivity index is 2.65. The lowest BCUT2D eigenvalue weighted by atomic mass is 10.5. The van der Waals surface area contributed by atoms with Gasteiger partial charge in [0, 0.05) is 13.1 Å². The first-order valence-corrected chi connectivity index (χ1v) is 9.23. The monoisotopic (exact) mass is 323 g/mol. The Morgan fingerprint density at radius 3 is 2.47 bits per heavy atom. The van der Waals surface area contributed by atoms with E-state index in [0.29, 0.717) is 0 Å². The molecular weight excluding hydrogens is 310 g/mol. The van der Waals surface area contributed by atoms with Crippen LogP contribution in [0.4, 0.5) is 0 Å². The molecule has 0 aliphatic carbocycles. The van der Waals surface area contributed by atoms with Gasteiger partial charge < -0.3 is 0 Å². The van der Waals surface area contributed by atoms with Crippen LogP contribution < -0.4 is 9.44 Å². The molecule has 1 heterocycles. The number of thiophene rings is 1. The summed E-state index contributed by atoms with van der Waals surface area (Å²) in [6.45, 7) is 1.67. The zero-order valence-electron chi connectivity index (χ0n) is 10.1. The van der Waals surface area contributed by atoms with Crippen molar-refractivity contribution in [3.05, 3.63) is 17.0 Å². The molecule has 19 heavy (non-hydrogen) atoms. The third-order valence-electron chi connectivity index (χ3n) is 1.98. The largest absolute Gasteiger partial charge is 0.250 e. The minimum Gasteiger partial charge on any atom is -0.215 e. The average molecular weight is 323 g/mol. The zero-order valence-corrected chi connectivity index (χ0v) is 12.5. The molecule has 7 nitrogen and oxygen atoms in total. The van der Waals surface area contributed by atoms with Gasteiger partial charge in [-0.1, -0.05) is 6.92 Å². The number of nitrogens with zero attached hydrogens (tertiary/aromatic N) is 1. The molecule has 0 atom stereocenters. The van der Waals surface area contributed by atoms with Crippen LogP contribution in [0.3, 0.4) is 0 Å². The highest BCUT2D eigenvalue weighted by Gasteiger charge is 2.18. The fourth-order valence-corrected chi connectivity index (χ4v) is 4.46. The van der Waals surface area contributed by atoms with Crippen LogP contribution in [0.25, 0.3) is 0 Å². The molecule has 2 N–H and O–H groups in total. The molecule has 0 spiro atoms. The minimum absolute atomic E-state index is 0.00935. The molecule has 0 bridgehead atoms. The summed E-state index contributed by atoms with van der Waals surface area (Å²) in [5, 5.41) is 8.62. The van der Waals surface area contributed by atoms with Crippen LogP contribution in [0.1, 0.15) is 11.8 Å². The fourth-order valence-electron chi connectivity index (χ4n) is 1.20. The van der Waals surface area contributed by atoms with E-state index in [1.165, 1.54) is 12.1 Å². The van der Waals surface area contributed by atoms with E-state index in [4.69, 9.17) is 5.26 Å². The molecule has 1 rings (SSSR count). The van der Waals surface area contributed by atoms with Crippen LogP contribution in [0.15, 0.2) is 16.3 Å². The predicted octanol–water partition coefficient (Wildman–Crippen LogP) is -0.163. The lowest BCUT2D eigenvalue weighted by Gasteiger charge is -2.06. The van der Waals surface area contributed by atoms with Crippen molar-refractivity contribution in [1.29, 1.82) is 5.26 Å². The Hall–Kier alpha value is -0.990. The van der Waals surface area contributed by atoms with Gasteiger partial charge in [-0.25, -0.2) is 26.3 Å². The summed E-state index contributed by atoms with van der Waals surface area (Å²) in [5.74, 6) is -0.337. The molecular formula is C9H13N3O4S3. The first kappa shape index (κ1) is 16.1. The summed E-state index contributed by atoms with van der Waals surface area (Å²) in [4.78, 5) is 0.278. The number of rotatable bonds is 7. The highest BCUT2D eigenvalue weighted by atomic mass is 32.2. The number of sulfonamides is 2. The molecule has 0 fully saturated rings. The van der Waals surface area contributed by atoms with Gasteiger partial charge in [0.05, 0.1) is 5.75 Å². The van der Waals surface area contributed by atoms with E-state index >= 15 is 0 Å². The van der Waals surface area contributed by atoms with E-state index in [1.54, 1.807) is 6.92 Å². The van der Waals surface area contributed by atoms with Crippen LogP contribution in [0.2, 0.25) is 0 Å². The Kier molecular flexibility index (Phi) is 5.45. The van der Waals surface area contributed by atoms with Crippen LogP contribution in [-0.2, 0) is 20.0 Å². The predicted molar refractivity (Wildman–Crippen MR) is 71.7 cm³/mol. The van der Waals surface area contributed by atoms with Crippen molar-refractivity contribution in [1.82, 2.24) is 9.44 Å². The maximum atomic E-state index is 11.8. The highest BCUT2D eigenvalue weighted by Crippen LogP contribution is 2.20. The maximum Gasteiger partial charge on any atom is 0.250 e. The number of nitrogens with one attached hydrogen (secondary N) is 2. The van der Waals surface area contributed by atoms with E-state index < -0.39 is 20.0 Å². The van der Waals surface area contributed by atoms with Gasteiger partial charge in [0.1, 0.15) is 15.2 Å². The summed E-state index contributed by atoms with van der Waals surface area (Å²) < 4.78 is 50.6. The number of hydrogen-bond donors (Lipinski definition) is 2. The van der Waals surface area contributed by atoms with Crippen molar-refractivity contribution in [2.24, 2.45) is 0 Å². The van der Waals surface area contributed by atoms with Crippen molar-refractivity contribution in [2.75, 3.05) is 18.8 Å². The van der Waals surface area contributed by atoms with Gasteiger partial charge in [0.25, 0.3) is 0 Å². The topological polar surface area (TPSA) is 116 Å². The van der Waals surface area contributed by atoms with E-state index in [2.05, 4.69) is 9.44 Å². The van der Waals surface area contributed by atoms with Crippen molar-refractivity contribution >= 4 is 31.4 Å². The Morgan fingerprint density at radius 1 is 1.26 bits per heavy atom. The molecule has 0 unspecified atom stereocenters. The van der Waals surface area contributed by atoms with E-state index in [9.17, 15) is 16.8 Å². The van der Waals surface area contributed by atoms with Gasteiger partial charge in [-0.05, 0) is 12.1 Å². The van der Waals surface area contributed by atoms with E-state index in [0.717, 1.165) is 11.3 Å². The molecule has 1 aromatic heterocycles. The molecule has 106 valence electrons. The second-order valence-corrected chi connectivity index (χ2v) is 8.45. The first-order chi connectivity index (χ1) is 8.80. The quantitative estimate of drug-likeness (QED) is 0.723. The van der Waals surface area contributed by atoms with Crippen LogP contribution in [-0.4, -0.2) is 35.7 Å². The molecule has 0 aliphatic heterocycles. The van der Waals surface area contributed by atoms with Crippen molar-refractivity contribution in [3.8, 4) is 6.07 Å². The smallest absolute Gasteiger partial charge is 0.215 e. The van der Waals surface area contributed by atoms with Crippen molar-refractivity contribution in [2.45, 2.75) is 11.1 Å². The van der Waals surface area contributed by atoms with E-state index in [-0.39, 0.29) is 27.9 Å². The van der Waals surface area contributed by atoms with Crippen LogP contribution in [0, 0.1) is 11.3 Å². The van der Waals surface area contributed by atoms with Gasteiger partial charge in [-0.15, -0.1) is 11.3 Å². The van der Waals surface area contributed by atoms with Crippen molar-refractivity contribution < 1.29 is 16.8 Å². The number of nitriles is 1. The second kappa shape index (κ2) is 6.44. The summed E-state index contributed by atoms with van der Waals surface area (Å²) in [6.07, 6.45) is 0. The maximum absolute atomic E-state index is 11.8. The summed E-state index contributed by atoms with van der Waals surface area (Å²) in [5.41, 5.74) is 0. The standard InChI is InChI=1S/C9H13N3O4S3/c1-2-11-18(13,14)6-5-12-19(15,16)9-4-3-8(7-10)17-9/h3-4,11-12H,2,5-6H2,1H3. The summed E-state index contributed by atoms with van der Waals surface area (Å²) in [7, 11) is -7.22. The normalized spacial score (nSPS) is 12.2. The zero-order chi connectivity index (χ0) is 14.5. The second-order valence-electron chi connectivity index (χ2n) is 3.45. The molecule has 0 amide bonds. The van der Waals surface area contributed by atoms with Gasteiger partial charge in [0.15, 0.2) is 0 Å². The van der Waals surface area contributed by atoms with Crippen molar-refractivity contribution in [3.63, 3.8) is 0 Å². The number of hydrogen-bond acceptors (Lipinski definition) is 6. The van der Waals surface area contributed by atoms with Gasteiger partial charge >= 0.3 is 0 Å². The lowest BCUT2D eigenvalue weighted by molar-refractivity contribution is 0.577. The highest BCUT2D eigenvalue weighted by molar-refractivity contribution is 7.92. The third-order valence-corrected chi connectivity index (χ3v) is 6.40. The SMILES string of the molecule is CCNS(=O)(=O)CCNS(=O)(=O)c1ccc(C#N)s1. The first-order valence-electron chi connectivity index (χ1n) is 5.27. The van der Waals surface area contributed by atoms with Gasteiger partial charge in [-0.3, -0.25) is 0 Å². The molecule has 0 saturated carbocycles. The molecule has 0 saturated heterocycles. The Labute approximate surface area is 116 Å². The van der Waals surface area contributed by atoms with Crippen LogP contribution >= 0.6 is 11.3 Å². The lowest BCUT2D eigenvalue weighted by Crippen LogP contribution is -2.34. The Bertz CT molecular complexity index is 670. The molecule has 0 aliphatic rings. The van der Waals surface area contributed by atoms with E-state index in [1.807, 2.05) is 6.07 Å². The fraction of sp³-hybridized carbons (Fsp3) is 0.444. The molecule has 0 radical (unpaired) electrons. The molecule has 10 heteroatoms. The summed E-state index contributed by atoms with van der Waals surface area (Å²) >= 11 is 0.831. The molecule has 0 aromatic carbocycles. The molecule has 1 aromatic rings. The summed E-state index contributed by atoms with van der Waals surface area (Å²) in [6, 6.07) is 4.54. The van der Waals surface area contributed by atoms with Gasteiger partial charge in [-0.2, -0.15) is 5.26 Å². The van der Waals surface area contributed by atoms with Gasteiger partial charge in [0.2, 0.25) is 20.0 Å². The minimum atomic E-state index is -3.76. The third kappa shape index (κ3) is 4.88.